The van der Waals surface area contributed by atoms with Crippen molar-refractivity contribution in [2.75, 3.05) is 38.2 Å². The molecule has 0 atom stereocenters. The number of amides is 1. The molecule has 1 aromatic rings. The lowest BCUT2D eigenvalue weighted by Crippen LogP contribution is -2.45. The van der Waals surface area contributed by atoms with Gasteiger partial charge in [0.1, 0.15) is 5.75 Å². The molecule has 0 aliphatic carbocycles. The number of alkyl halides is 2. The van der Waals surface area contributed by atoms with Crippen molar-refractivity contribution in [3.05, 3.63) is 24.3 Å². The fourth-order valence-corrected chi connectivity index (χ4v) is 2.32. The summed E-state index contributed by atoms with van der Waals surface area (Å²) in [6.45, 7) is 0.819. The summed E-state index contributed by atoms with van der Waals surface area (Å²) >= 11 is 5.05. The van der Waals surface area contributed by atoms with Crippen LogP contribution in [-0.2, 0) is 9.53 Å². The number of carbonyl (C=O) groups is 1. The maximum Gasteiger partial charge on any atom is 0.387 e. The lowest BCUT2D eigenvalue weighted by Gasteiger charge is -2.26. The number of anilines is 1. The van der Waals surface area contributed by atoms with Crippen molar-refractivity contribution in [2.24, 2.45) is 0 Å². The predicted octanol–water partition coefficient (Wildman–Crippen LogP) is 1.33. The lowest BCUT2D eigenvalue weighted by atomic mass is 10.3. The number of hydrogen-bond donors (Lipinski definition) is 3. The molecule has 1 aliphatic heterocycles. The summed E-state index contributed by atoms with van der Waals surface area (Å²) < 4.78 is 33.6. The SMILES string of the molecule is O=C(CCN1CCOCC1)NNC(=S)Nc1ccc(OC(F)F)cc1. The van der Waals surface area contributed by atoms with E-state index in [0.29, 0.717) is 31.9 Å². The monoisotopic (exact) mass is 374 g/mol. The number of hydrogen-bond acceptors (Lipinski definition) is 5. The smallest absolute Gasteiger partial charge is 0.387 e. The second-order valence-electron chi connectivity index (χ2n) is 5.23. The van der Waals surface area contributed by atoms with Crippen LogP contribution in [0.1, 0.15) is 6.42 Å². The first-order valence-electron chi connectivity index (χ1n) is 7.74. The second-order valence-corrected chi connectivity index (χ2v) is 5.64. The van der Waals surface area contributed by atoms with Crippen molar-refractivity contribution in [2.45, 2.75) is 13.0 Å². The van der Waals surface area contributed by atoms with Crippen LogP contribution in [0.15, 0.2) is 24.3 Å². The van der Waals surface area contributed by atoms with Gasteiger partial charge in [-0.2, -0.15) is 8.78 Å². The summed E-state index contributed by atoms with van der Waals surface area (Å²) in [6, 6.07) is 5.84. The van der Waals surface area contributed by atoms with E-state index in [2.05, 4.69) is 25.8 Å². The number of hydrazine groups is 1. The Balaban J connectivity index is 1.64. The van der Waals surface area contributed by atoms with E-state index in [0.717, 1.165) is 13.1 Å². The summed E-state index contributed by atoms with van der Waals surface area (Å²) in [5.41, 5.74) is 5.67. The molecule has 0 spiro atoms. The van der Waals surface area contributed by atoms with E-state index in [1.165, 1.54) is 24.3 Å². The number of nitrogens with zero attached hydrogens (tertiary/aromatic N) is 1. The van der Waals surface area contributed by atoms with E-state index in [1.54, 1.807) is 0 Å². The average molecular weight is 374 g/mol. The van der Waals surface area contributed by atoms with E-state index in [1.807, 2.05) is 0 Å². The first kappa shape index (κ1) is 19.3. The molecule has 2 rings (SSSR count). The minimum atomic E-state index is -2.87. The molecule has 1 aliphatic rings. The highest BCUT2D eigenvalue weighted by atomic mass is 32.1. The molecule has 0 saturated carbocycles. The number of benzene rings is 1. The topological polar surface area (TPSA) is 74.9 Å². The molecule has 10 heteroatoms. The molecule has 1 fully saturated rings. The Labute approximate surface area is 149 Å². The van der Waals surface area contributed by atoms with Gasteiger partial charge in [-0.25, -0.2) is 0 Å². The summed E-state index contributed by atoms with van der Waals surface area (Å²) in [5, 5.41) is 3.00. The zero-order valence-corrected chi connectivity index (χ0v) is 14.3. The van der Waals surface area contributed by atoms with Gasteiger partial charge in [-0.1, -0.05) is 0 Å². The normalized spacial score (nSPS) is 14.8. The van der Waals surface area contributed by atoms with Gasteiger partial charge in [-0.05, 0) is 36.5 Å². The molecule has 0 bridgehead atoms. The summed E-state index contributed by atoms with van der Waals surface area (Å²) in [5.74, 6) is -0.132. The number of carbonyl (C=O) groups excluding carboxylic acids is 1. The van der Waals surface area contributed by atoms with Crippen LogP contribution in [0.3, 0.4) is 0 Å². The Kier molecular flexibility index (Phi) is 7.76. The number of morpholine rings is 1. The highest BCUT2D eigenvalue weighted by molar-refractivity contribution is 7.80. The van der Waals surface area contributed by atoms with Gasteiger partial charge in [0.15, 0.2) is 5.11 Å². The van der Waals surface area contributed by atoms with Gasteiger partial charge in [0.2, 0.25) is 5.91 Å². The molecule has 0 aromatic heterocycles. The third-order valence-corrected chi connectivity index (χ3v) is 3.62. The minimum Gasteiger partial charge on any atom is -0.435 e. The Morgan fingerprint density at radius 3 is 2.56 bits per heavy atom. The predicted molar refractivity (Wildman–Crippen MR) is 92.4 cm³/mol. The van der Waals surface area contributed by atoms with Crippen LogP contribution in [-0.4, -0.2) is 55.4 Å². The van der Waals surface area contributed by atoms with Gasteiger partial charge in [-0.15, -0.1) is 0 Å². The third-order valence-electron chi connectivity index (χ3n) is 3.41. The fraction of sp³-hybridized carbons (Fsp3) is 0.467. The molecule has 3 N–H and O–H groups in total. The van der Waals surface area contributed by atoms with Crippen LogP contribution < -0.4 is 20.9 Å². The fourth-order valence-electron chi connectivity index (χ4n) is 2.16. The van der Waals surface area contributed by atoms with Crippen molar-refractivity contribution in [1.29, 1.82) is 0 Å². The van der Waals surface area contributed by atoms with Gasteiger partial charge < -0.3 is 14.8 Å². The van der Waals surface area contributed by atoms with E-state index in [4.69, 9.17) is 17.0 Å². The van der Waals surface area contributed by atoms with Gasteiger partial charge in [-0.3, -0.25) is 20.5 Å². The van der Waals surface area contributed by atoms with Gasteiger partial charge >= 0.3 is 6.61 Å². The first-order valence-corrected chi connectivity index (χ1v) is 8.14. The van der Waals surface area contributed by atoms with Crippen molar-refractivity contribution in [1.82, 2.24) is 15.8 Å². The molecular weight excluding hydrogens is 354 g/mol. The van der Waals surface area contributed by atoms with Crippen molar-refractivity contribution in [3.63, 3.8) is 0 Å². The maximum atomic E-state index is 12.1. The Hall–Kier alpha value is -2.04. The van der Waals surface area contributed by atoms with Crippen LogP contribution in [0.2, 0.25) is 0 Å². The summed E-state index contributed by atoms with van der Waals surface area (Å²) in [4.78, 5) is 13.9. The number of ether oxygens (including phenoxy) is 2. The molecule has 1 saturated heterocycles. The standard InChI is InChI=1S/C15H20F2N4O3S/c16-14(17)24-12-3-1-11(2-4-12)18-15(25)20-19-13(22)5-6-21-7-9-23-10-8-21/h1-4,14H,5-10H2,(H,19,22)(H2,18,20,25). The summed E-state index contributed by atoms with van der Waals surface area (Å²) in [6.07, 6.45) is 0.343. The third kappa shape index (κ3) is 7.59. The Bertz CT molecular complexity index is 568. The van der Waals surface area contributed by atoms with Gasteiger partial charge in [0.05, 0.1) is 13.2 Å². The highest BCUT2D eigenvalue weighted by Crippen LogP contribution is 2.17. The zero-order valence-electron chi connectivity index (χ0n) is 13.5. The zero-order chi connectivity index (χ0) is 18.1. The lowest BCUT2D eigenvalue weighted by molar-refractivity contribution is -0.122. The molecule has 1 aromatic carbocycles. The van der Waals surface area contributed by atoms with Crippen LogP contribution in [0.4, 0.5) is 14.5 Å². The van der Waals surface area contributed by atoms with Crippen molar-refractivity contribution >= 4 is 28.9 Å². The molecule has 138 valence electrons. The molecule has 1 amide bonds. The minimum absolute atomic E-state index is 0.0517. The molecule has 7 nitrogen and oxygen atoms in total. The van der Waals surface area contributed by atoms with E-state index >= 15 is 0 Å². The highest BCUT2D eigenvalue weighted by Gasteiger charge is 2.12. The quantitative estimate of drug-likeness (QED) is 0.512. The van der Waals surface area contributed by atoms with Crippen LogP contribution in [0.5, 0.6) is 5.75 Å². The number of nitrogens with one attached hydrogen (secondary N) is 3. The maximum absolute atomic E-state index is 12.1. The molecule has 0 unspecified atom stereocenters. The summed E-state index contributed by atoms with van der Waals surface area (Å²) in [7, 11) is 0. The number of halogens is 2. The Morgan fingerprint density at radius 1 is 1.24 bits per heavy atom. The molecule has 0 radical (unpaired) electrons. The van der Waals surface area contributed by atoms with Crippen LogP contribution in [0, 0.1) is 0 Å². The van der Waals surface area contributed by atoms with Gasteiger partial charge in [0, 0.05) is 31.7 Å². The van der Waals surface area contributed by atoms with Gasteiger partial charge in [0.25, 0.3) is 0 Å². The average Bonchev–Trinajstić information content (AvgIpc) is 2.60. The Morgan fingerprint density at radius 2 is 1.92 bits per heavy atom. The van der Waals surface area contributed by atoms with E-state index < -0.39 is 6.61 Å². The largest absolute Gasteiger partial charge is 0.435 e. The van der Waals surface area contributed by atoms with E-state index in [9.17, 15) is 13.6 Å². The van der Waals surface area contributed by atoms with Crippen LogP contribution in [0.25, 0.3) is 0 Å². The van der Waals surface area contributed by atoms with E-state index in [-0.39, 0.29) is 16.8 Å². The molecular formula is C15H20F2N4O3S. The molecule has 25 heavy (non-hydrogen) atoms. The number of thiocarbonyl (C=S) groups is 1. The van der Waals surface area contributed by atoms with Crippen molar-refractivity contribution < 1.29 is 23.0 Å². The van der Waals surface area contributed by atoms with Crippen molar-refractivity contribution in [3.8, 4) is 5.75 Å². The second kappa shape index (κ2) is 10.1. The number of rotatable bonds is 6. The van der Waals surface area contributed by atoms with Crippen LogP contribution >= 0.6 is 12.2 Å². The first-order chi connectivity index (χ1) is 12.0. The molecule has 1 heterocycles.